The van der Waals surface area contributed by atoms with Crippen molar-refractivity contribution < 1.29 is 0 Å². The summed E-state index contributed by atoms with van der Waals surface area (Å²) in [5.41, 5.74) is 9.20. The number of anilines is 1. The lowest BCUT2D eigenvalue weighted by molar-refractivity contribution is 0.264. The molecule has 1 aliphatic heterocycles. The molecule has 2 aromatic rings. The van der Waals surface area contributed by atoms with E-state index in [4.69, 9.17) is 11.6 Å². The van der Waals surface area contributed by atoms with Crippen molar-refractivity contribution in [3.63, 3.8) is 0 Å². The fourth-order valence-corrected chi connectivity index (χ4v) is 5.47. The van der Waals surface area contributed by atoms with Crippen LogP contribution in [0.15, 0.2) is 48.0 Å². The smallest absolute Gasteiger partial charge is 0.0406 e. The van der Waals surface area contributed by atoms with Crippen molar-refractivity contribution in [2.24, 2.45) is 5.41 Å². The van der Waals surface area contributed by atoms with Gasteiger partial charge in [-0.05, 0) is 84.0 Å². The second kappa shape index (κ2) is 9.61. The normalized spacial score (nSPS) is 19.7. The van der Waals surface area contributed by atoms with Crippen LogP contribution in [0.1, 0.15) is 69.6 Å². The molecular weight excluding hydrogens is 412 g/mol. The standard InChI is InChI=1S/C29H39ClN2/c1-21(2)27-18-26(11-6-22(27)3)32-16-14-31(15-17-32)20-24-12-13-29(4,5)19-28(24)23-7-9-25(30)10-8-23/h6-11,18,21H,12-17,19-20H2,1-5H3. The summed E-state index contributed by atoms with van der Waals surface area (Å²) < 4.78 is 0. The quantitative estimate of drug-likeness (QED) is 0.463. The molecule has 1 saturated heterocycles. The lowest BCUT2D eigenvalue weighted by atomic mass is 9.72. The van der Waals surface area contributed by atoms with Gasteiger partial charge in [0.25, 0.3) is 0 Å². The molecular formula is C29H39ClN2. The maximum atomic E-state index is 6.17. The van der Waals surface area contributed by atoms with Crippen LogP contribution in [0.5, 0.6) is 0 Å². The average molecular weight is 451 g/mol. The molecule has 172 valence electrons. The summed E-state index contributed by atoms with van der Waals surface area (Å²) in [6.45, 7) is 17.2. The Bertz CT molecular complexity index is 963. The highest BCUT2D eigenvalue weighted by Gasteiger charge is 2.29. The third kappa shape index (κ3) is 5.41. The first-order chi connectivity index (χ1) is 15.2. The summed E-state index contributed by atoms with van der Waals surface area (Å²) in [6.07, 6.45) is 3.65. The highest BCUT2D eigenvalue weighted by atomic mass is 35.5. The van der Waals surface area contributed by atoms with Crippen LogP contribution >= 0.6 is 11.6 Å². The second-order valence-electron chi connectivity index (χ2n) is 10.9. The number of nitrogens with zero attached hydrogens (tertiary/aromatic N) is 2. The molecule has 0 saturated carbocycles. The Kier molecular flexibility index (Phi) is 7.03. The minimum absolute atomic E-state index is 0.372. The number of rotatable bonds is 5. The van der Waals surface area contributed by atoms with E-state index in [9.17, 15) is 0 Å². The molecule has 0 aromatic heterocycles. The predicted octanol–water partition coefficient (Wildman–Crippen LogP) is 7.56. The molecule has 32 heavy (non-hydrogen) atoms. The molecule has 3 heteroatoms. The Morgan fingerprint density at radius 1 is 0.969 bits per heavy atom. The van der Waals surface area contributed by atoms with Crippen LogP contribution in [-0.2, 0) is 0 Å². The van der Waals surface area contributed by atoms with Gasteiger partial charge in [-0.1, -0.05) is 63.1 Å². The van der Waals surface area contributed by atoms with Gasteiger partial charge < -0.3 is 4.90 Å². The molecule has 1 aliphatic carbocycles. The number of aryl methyl sites for hydroxylation is 1. The zero-order chi connectivity index (χ0) is 22.9. The highest BCUT2D eigenvalue weighted by molar-refractivity contribution is 6.30. The maximum Gasteiger partial charge on any atom is 0.0406 e. The maximum absolute atomic E-state index is 6.17. The zero-order valence-corrected chi connectivity index (χ0v) is 21.3. The first-order valence-corrected chi connectivity index (χ1v) is 12.6. The van der Waals surface area contributed by atoms with Gasteiger partial charge in [-0.25, -0.2) is 0 Å². The average Bonchev–Trinajstić information content (AvgIpc) is 2.76. The van der Waals surface area contributed by atoms with Crippen LogP contribution in [0.2, 0.25) is 5.02 Å². The molecule has 0 atom stereocenters. The Balaban J connectivity index is 1.46. The molecule has 0 unspecified atom stereocenters. The van der Waals surface area contributed by atoms with E-state index < -0.39 is 0 Å². The Morgan fingerprint density at radius 3 is 2.31 bits per heavy atom. The fraction of sp³-hybridized carbons (Fsp3) is 0.517. The lowest BCUT2D eigenvalue weighted by Crippen LogP contribution is -2.47. The van der Waals surface area contributed by atoms with Gasteiger partial charge in [0, 0.05) is 43.4 Å². The van der Waals surface area contributed by atoms with Gasteiger partial charge in [0.15, 0.2) is 0 Å². The summed E-state index contributed by atoms with van der Waals surface area (Å²) in [4.78, 5) is 5.23. The largest absolute Gasteiger partial charge is 0.369 e. The van der Waals surface area contributed by atoms with Crippen LogP contribution in [0.3, 0.4) is 0 Å². The van der Waals surface area contributed by atoms with E-state index in [0.717, 1.165) is 44.2 Å². The Labute approximate surface area is 200 Å². The summed E-state index contributed by atoms with van der Waals surface area (Å²) >= 11 is 6.17. The van der Waals surface area contributed by atoms with Gasteiger partial charge in [-0.15, -0.1) is 0 Å². The van der Waals surface area contributed by atoms with Crippen LogP contribution < -0.4 is 4.90 Å². The highest BCUT2D eigenvalue weighted by Crippen LogP contribution is 2.43. The predicted molar refractivity (Wildman–Crippen MR) is 140 cm³/mol. The fourth-order valence-electron chi connectivity index (χ4n) is 5.34. The molecule has 1 fully saturated rings. The van der Waals surface area contributed by atoms with Crippen LogP contribution in [-0.4, -0.2) is 37.6 Å². The van der Waals surface area contributed by atoms with E-state index in [1.165, 1.54) is 35.2 Å². The van der Waals surface area contributed by atoms with Crippen LogP contribution in [0.4, 0.5) is 5.69 Å². The molecule has 0 bridgehead atoms. The number of hydrogen-bond donors (Lipinski definition) is 0. The van der Waals surface area contributed by atoms with Crippen molar-refractivity contribution in [2.75, 3.05) is 37.6 Å². The molecule has 2 aliphatic rings. The van der Waals surface area contributed by atoms with Crippen molar-refractivity contribution in [3.05, 3.63) is 69.8 Å². The third-order valence-corrected chi connectivity index (χ3v) is 7.67. The van der Waals surface area contributed by atoms with E-state index in [0.29, 0.717) is 11.3 Å². The van der Waals surface area contributed by atoms with E-state index >= 15 is 0 Å². The number of allylic oxidation sites excluding steroid dienone is 1. The van der Waals surface area contributed by atoms with Crippen molar-refractivity contribution in [2.45, 2.75) is 59.8 Å². The van der Waals surface area contributed by atoms with E-state index in [2.05, 4.69) is 74.8 Å². The van der Waals surface area contributed by atoms with Gasteiger partial charge in [0.2, 0.25) is 0 Å². The molecule has 0 radical (unpaired) electrons. The zero-order valence-electron chi connectivity index (χ0n) is 20.5. The minimum Gasteiger partial charge on any atom is -0.369 e. The molecule has 0 N–H and O–H groups in total. The first-order valence-electron chi connectivity index (χ1n) is 12.3. The van der Waals surface area contributed by atoms with Gasteiger partial charge in [0.1, 0.15) is 0 Å². The van der Waals surface area contributed by atoms with Crippen LogP contribution in [0, 0.1) is 12.3 Å². The Morgan fingerprint density at radius 2 is 1.66 bits per heavy atom. The molecule has 2 aromatic carbocycles. The van der Waals surface area contributed by atoms with Gasteiger partial charge in [-0.3, -0.25) is 4.90 Å². The second-order valence-corrected chi connectivity index (χ2v) is 11.3. The third-order valence-electron chi connectivity index (χ3n) is 7.42. The topological polar surface area (TPSA) is 6.48 Å². The molecule has 2 nitrogen and oxygen atoms in total. The summed E-state index contributed by atoms with van der Waals surface area (Å²) in [6, 6.07) is 15.5. The molecule has 0 amide bonds. The first kappa shape index (κ1) is 23.4. The Hall–Kier alpha value is -1.77. The summed E-state index contributed by atoms with van der Waals surface area (Å²) in [5, 5.41) is 0.818. The van der Waals surface area contributed by atoms with Crippen molar-refractivity contribution >= 4 is 22.9 Å². The summed E-state index contributed by atoms with van der Waals surface area (Å²) in [5.74, 6) is 0.574. The van der Waals surface area contributed by atoms with Crippen molar-refractivity contribution in [1.82, 2.24) is 4.90 Å². The lowest BCUT2D eigenvalue weighted by Gasteiger charge is -2.39. The SMILES string of the molecule is Cc1ccc(N2CCN(CC3=C(c4ccc(Cl)cc4)CC(C)(C)CC3)CC2)cc1C(C)C. The van der Waals surface area contributed by atoms with Gasteiger partial charge in [-0.2, -0.15) is 0 Å². The number of halogens is 1. The van der Waals surface area contributed by atoms with Crippen molar-refractivity contribution in [3.8, 4) is 0 Å². The molecule has 0 spiro atoms. The monoisotopic (exact) mass is 450 g/mol. The van der Waals surface area contributed by atoms with E-state index in [1.54, 1.807) is 11.1 Å². The van der Waals surface area contributed by atoms with Crippen molar-refractivity contribution in [1.29, 1.82) is 0 Å². The number of benzene rings is 2. The minimum atomic E-state index is 0.372. The van der Waals surface area contributed by atoms with E-state index in [1.807, 2.05) is 12.1 Å². The number of hydrogen-bond acceptors (Lipinski definition) is 2. The number of piperazine rings is 1. The molecule has 1 heterocycles. The van der Waals surface area contributed by atoms with E-state index in [-0.39, 0.29) is 0 Å². The van der Waals surface area contributed by atoms with Gasteiger partial charge in [0.05, 0.1) is 0 Å². The van der Waals surface area contributed by atoms with Crippen LogP contribution in [0.25, 0.3) is 5.57 Å². The molecule has 4 rings (SSSR count). The summed E-state index contributed by atoms with van der Waals surface area (Å²) in [7, 11) is 0. The van der Waals surface area contributed by atoms with Gasteiger partial charge >= 0.3 is 0 Å².